The molecule has 0 fully saturated rings. The number of rotatable bonds is 15. The Hall–Kier alpha value is -4.05. The van der Waals surface area contributed by atoms with Crippen LogP contribution in [0.3, 0.4) is 0 Å². The minimum absolute atomic E-state index is 0.0195. The van der Waals surface area contributed by atoms with Gasteiger partial charge in [-0.3, -0.25) is 13.9 Å². The topological polar surface area (TPSA) is 105 Å². The molecule has 9 nitrogen and oxygen atoms in total. The van der Waals surface area contributed by atoms with Crippen molar-refractivity contribution >= 4 is 27.5 Å². The predicted octanol–water partition coefficient (Wildman–Crippen LogP) is 4.87. The molecule has 42 heavy (non-hydrogen) atoms. The Kier molecular flexibility index (Phi) is 11.8. The van der Waals surface area contributed by atoms with Gasteiger partial charge in [0.25, 0.3) is 10.0 Å². The molecule has 0 bridgehead atoms. The standard InChI is InChI=1S/C32H41N3O6S/c1-6-30(32(37)33-21-24(3)4)34(22-25-13-15-27(40-5)16-14-25)31(36)23-35(26-11-9-8-10-12-26)42(38,39)29-19-17-28(18-20-29)41-7-2/h8-20,24,30H,6-7,21-23H2,1-5H3,(H,33,37)/t30-/m0/s1. The number of methoxy groups -OCH3 is 1. The summed E-state index contributed by atoms with van der Waals surface area (Å²) >= 11 is 0. The molecule has 1 atom stereocenters. The summed E-state index contributed by atoms with van der Waals surface area (Å²) < 4.78 is 39.7. The van der Waals surface area contributed by atoms with Crippen molar-refractivity contribution in [2.24, 2.45) is 5.92 Å². The average molecular weight is 596 g/mol. The molecule has 0 unspecified atom stereocenters. The fourth-order valence-electron chi connectivity index (χ4n) is 4.39. The summed E-state index contributed by atoms with van der Waals surface area (Å²) in [4.78, 5) is 28.9. The fraction of sp³-hybridized carbons (Fsp3) is 0.375. The lowest BCUT2D eigenvalue weighted by molar-refractivity contribution is -0.140. The summed E-state index contributed by atoms with van der Waals surface area (Å²) in [5.74, 6) is 0.646. The van der Waals surface area contributed by atoms with Gasteiger partial charge in [0.15, 0.2) is 0 Å². The average Bonchev–Trinajstić information content (AvgIpc) is 2.99. The van der Waals surface area contributed by atoms with E-state index in [4.69, 9.17) is 9.47 Å². The fourth-order valence-corrected chi connectivity index (χ4v) is 5.81. The van der Waals surface area contributed by atoms with Gasteiger partial charge in [0.2, 0.25) is 11.8 Å². The summed E-state index contributed by atoms with van der Waals surface area (Å²) in [7, 11) is -2.59. The molecule has 10 heteroatoms. The smallest absolute Gasteiger partial charge is 0.264 e. The molecule has 0 aliphatic rings. The van der Waals surface area contributed by atoms with Crippen LogP contribution in [-0.2, 0) is 26.2 Å². The highest BCUT2D eigenvalue weighted by atomic mass is 32.2. The number of anilines is 1. The minimum Gasteiger partial charge on any atom is -0.497 e. The Labute approximate surface area is 249 Å². The van der Waals surface area contributed by atoms with Crippen molar-refractivity contribution in [3.63, 3.8) is 0 Å². The highest BCUT2D eigenvalue weighted by molar-refractivity contribution is 7.92. The lowest BCUT2D eigenvalue weighted by Gasteiger charge is -2.33. The SMILES string of the molecule is CCOc1ccc(S(=O)(=O)N(CC(=O)N(Cc2ccc(OC)cc2)[C@@H](CC)C(=O)NCC(C)C)c2ccccc2)cc1. The Morgan fingerprint density at radius 2 is 1.50 bits per heavy atom. The lowest BCUT2D eigenvalue weighted by atomic mass is 10.1. The molecule has 0 aliphatic carbocycles. The molecule has 0 aromatic heterocycles. The van der Waals surface area contributed by atoms with E-state index in [1.54, 1.807) is 61.7 Å². The van der Waals surface area contributed by atoms with Crippen LogP contribution in [0.4, 0.5) is 5.69 Å². The largest absolute Gasteiger partial charge is 0.497 e. The molecule has 3 aromatic carbocycles. The third kappa shape index (κ3) is 8.48. The highest BCUT2D eigenvalue weighted by Gasteiger charge is 2.33. The van der Waals surface area contributed by atoms with E-state index >= 15 is 0 Å². The third-order valence-corrected chi connectivity index (χ3v) is 8.42. The number of nitrogens with zero attached hydrogens (tertiary/aromatic N) is 2. The van der Waals surface area contributed by atoms with Crippen molar-refractivity contribution in [1.29, 1.82) is 0 Å². The van der Waals surface area contributed by atoms with Crippen LogP contribution in [0.5, 0.6) is 11.5 Å². The van der Waals surface area contributed by atoms with E-state index in [0.717, 1.165) is 9.87 Å². The normalized spacial score (nSPS) is 12.0. The van der Waals surface area contributed by atoms with E-state index < -0.39 is 28.5 Å². The number of nitrogens with one attached hydrogen (secondary N) is 1. The van der Waals surface area contributed by atoms with Crippen LogP contribution in [0.15, 0.2) is 83.8 Å². The molecule has 0 heterocycles. The van der Waals surface area contributed by atoms with Gasteiger partial charge in [0.1, 0.15) is 24.1 Å². The Morgan fingerprint density at radius 3 is 2.05 bits per heavy atom. The van der Waals surface area contributed by atoms with Crippen LogP contribution in [0, 0.1) is 5.92 Å². The minimum atomic E-state index is -4.16. The van der Waals surface area contributed by atoms with Gasteiger partial charge in [-0.1, -0.05) is 51.1 Å². The quantitative estimate of drug-likeness (QED) is 0.269. The van der Waals surface area contributed by atoms with Crippen molar-refractivity contribution in [1.82, 2.24) is 10.2 Å². The number of carbonyl (C=O) groups excluding carboxylic acids is 2. The Balaban J connectivity index is 2.01. The first-order valence-electron chi connectivity index (χ1n) is 14.1. The number of amides is 2. The zero-order valence-electron chi connectivity index (χ0n) is 24.9. The van der Waals surface area contributed by atoms with E-state index in [9.17, 15) is 18.0 Å². The summed E-state index contributed by atoms with van der Waals surface area (Å²) in [5.41, 5.74) is 1.11. The number of benzene rings is 3. The lowest BCUT2D eigenvalue weighted by Crippen LogP contribution is -2.52. The van der Waals surface area contributed by atoms with Crippen LogP contribution < -0.4 is 19.1 Å². The van der Waals surface area contributed by atoms with Gasteiger partial charge < -0.3 is 19.7 Å². The predicted molar refractivity (Wildman–Crippen MR) is 164 cm³/mol. The molecule has 2 amide bonds. The Bertz CT molecular complexity index is 1390. The van der Waals surface area contributed by atoms with Crippen molar-refractivity contribution in [2.75, 3.05) is 31.1 Å². The number of hydrogen-bond acceptors (Lipinski definition) is 6. The molecule has 1 N–H and O–H groups in total. The van der Waals surface area contributed by atoms with Gasteiger partial charge in [0, 0.05) is 13.1 Å². The molecule has 0 saturated heterocycles. The molecule has 0 aliphatic heterocycles. The van der Waals surface area contributed by atoms with Gasteiger partial charge in [0.05, 0.1) is 24.3 Å². The maximum atomic E-state index is 14.1. The van der Waals surface area contributed by atoms with Crippen molar-refractivity contribution in [3.05, 3.63) is 84.4 Å². The maximum absolute atomic E-state index is 14.1. The second-order valence-electron chi connectivity index (χ2n) is 10.2. The summed E-state index contributed by atoms with van der Waals surface area (Å²) in [6, 6.07) is 21.0. The number of carbonyl (C=O) groups is 2. The van der Waals surface area contributed by atoms with E-state index in [1.165, 1.54) is 17.0 Å². The summed E-state index contributed by atoms with van der Waals surface area (Å²) in [5, 5.41) is 2.93. The van der Waals surface area contributed by atoms with Crippen molar-refractivity contribution in [3.8, 4) is 11.5 Å². The first kappa shape index (κ1) is 32.5. The number of hydrogen-bond donors (Lipinski definition) is 1. The van der Waals surface area contributed by atoms with E-state index in [-0.39, 0.29) is 23.3 Å². The first-order valence-corrected chi connectivity index (χ1v) is 15.5. The number of sulfonamides is 1. The third-order valence-electron chi connectivity index (χ3n) is 6.63. The second-order valence-corrected chi connectivity index (χ2v) is 12.0. The second kappa shape index (κ2) is 15.3. The maximum Gasteiger partial charge on any atom is 0.264 e. The monoisotopic (exact) mass is 595 g/mol. The highest BCUT2D eigenvalue weighted by Crippen LogP contribution is 2.26. The molecule has 226 valence electrons. The number of para-hydroxylation sites is 1. The molecule has 0 radical (unpaired) electrons. The first-order chi connectivity index (χ1) is 20.1. The molecule has 3 aromatic rings. The molecular weight excluding hydrogens is 554 g/mol. The number of ether oxygens (including phenoxy) is 2. The van der Waals surface area contributed by atoms with Crippen molar-refractivity contribution < 1.29 is 27.5 Å². The van der Waals surface area contributed by atoms with Crippen molar-refractivity contribution in [2.45, 2.75) is 51.6 Å². The zero-order valence-corrected chi connectivity index (χ0v) is 25.8. The van der Waals surface area contributed by atoms with Crippen LogP contribution >= 0.6 is 0 Å². The van der Waals surface area contributed by atoms with E-state index in [1.807, 2.05) is 39.8 Å². The van der Waals surface area contributed by atoms with Crippen LogP contribution in [0.2, 0.25) is 0 Å². The van der Waals surface area contributed by atoms with Crippen LogP contribution in [0.25, 0.3) is 0 Å². The summed E-state index contributed by atoms with van der Waals surface area (Å²) in [6.07, 6.45) is 0.350. The zero-order chi connectivity index (χ0) is 30.7. The molecule has 0 spiro atoms. The molecular formula is C32H41N3O6S. The molecule has 3 rings (SSSR count). The van der Waals surface area contributed by atoms with E-state index in [0.29, 0.717) is 36.8 Å². The van der Waals surface area contributed by atoms with Gasteiger partial charge in [-0.15, -0.1) is 0 Å². The van der Waals surface area contributed by atoms with Gasteiger partial charge in [-0.05, 0) is 73.4 Å². The van der Waals surface area contributed by atoms with Gasteiger partial charge in [-0.2, -0.15) is 0 Å². The van der Waals surface area contributed by atoms with E-state index in [2.05, 4.69) is 5.32 Å². The van der Waals surface area contributed by atoms with Crippen LogP contribution in [0.1, 0.15) is 39.7 Å². The molecule has 0 saturated carbocycles. The van der Waals surface area contributed by atoms with Gasteiger partial charge in [-0.25, -0.2) is 8.42 Å². The Morgan fingerprint density at radius 1 is 0.881 bits per heavy atom. The van der Waals surface area contributed by atoms with Crippen LogP contribution in [-0.4, -0.2) is 58.0 Å². The summed E-state index contributed by atoms with van der Waals surface area (Å²) in [6.45, 7) is 8.19. The van der Waals surface area contributed by atoms with Gasteiger partial charge >= 0.3 is 0 Å².